The zero-order valence-corrected chi connectivity index (χ0v) is 13.3. The Labute approximate surface area is 140 Å². The SMILES string of the molecule is CN(C1=CC(=O)N(Cc2ccccc2)C1=O)c1ccccc1CO. The van der Waals surface area contributed by atoms with E-state index in [-0.39, 0.29) is 25.0 Å². The van der Waals surface area contributed by atoms with Gasteiger partial charge in [0.1, 0.15) is 5.70 Å². The molecule has 1 N–H and O–H groups in total. The minimum atomic E-state index is -0.334. The second-order valence-corrected chi connectivity index (χ2v) is 5.59. The fourth-order valence-electron chi connectivity index (χ4n) is 2.75. The second kappa shape index (κ2) is 6.68. The number of imide groups is 1. The molecule has 0 saturated carbocycles. The first-order valence-corrected chi connectivity index (χ1v) is 7.65. The number of anilines is 1. The molecule has 0 radical (unpaired) electrons. The van der Waals surface area contributed by atoms with E-state index in [0.717, 1.165) is 5.56 Å². The molecule has 0 aromatic heterocycles. The number of hydrogen-bond acceptors (Lipinski definition) is 4. The maximum Gasteiger partial charge on any atom is 0.277 e. The zero-order chi connectivity index (χ0) is 17.1. The molecule has 2 aromatic rings. The van der Waals surface area contributed by atoms with Crippen molar-refractivity contribution in [3.8, 4) is 0 Å². The highest BCUT2D eigenvalue weighted by molar-refractivity contribution is 6.17. The standard InChI is InChI=1S/C19H18N2O3/c1-20(16-10-6-5-9-15(16)13-22)17-11-18(23)21(19(17)24)12-14-7-3-2-4-8-14/h2-11,22H,12-13H2,1H3. The monoisotopic (exact) mass is 322 g/mol. The van der Waals surface area contributed by atoms with E-state index in [9.17, 15) is 14.7 Å². The van der Waals surface area contributed by atoms with Gasteiger partial charge < -0.3 is 10.0 Å². The smallest absolute Gasteiger partial charge is 0.277 e. The predicted octanol–water partition coefficient (Wildman–Crippen LogP) is 2.07. The van der Waals surface area contributed by atoms with Crippen LogP contribution >= 0.6 is 0 Å². The minimum absolute atomic E-state index is 0.135. The average molecular weight is 322 g/mol. The average Bonchev–Trinajstić information content (AvgIpc) is 2.90. The molecule has 0 saturated heterocycles. The van der Waals surface area contributed by atoms with Crippen molar-refractivity contribution in [1.82, 2.24) is 4.90 Å². The first-order valence-electron chi connectivity index (χ1n) is 7.65. The first kappa shape index (κ1) is 16.0. The van der Waals surface area contributed by atoms with Crippen LogP contribution in [0.3, 0.4) is 0 Å². The molecule has 0 aliphatic carbocycles. The van der Waals surface area contributed by atoms with Crippen LogP contribution in [0.1, 0.15) is 11.1 Å². The van der Waals surface area contributed by atoms with Gasteiger partial charge in [-0.2, -0.15) is 0 Å². The van der Waals surface area contributed by atoms with Crippen LogP contribution in [0.25, 0.3) is 0 Å². The molecule has 2 aromatic carbocycles. The van der Waals surface area contributed by atoms with Crippen LogP contribution in [0, 0.1) is 0 Å². The molecular weight excluding hydrogens is 304 g/mol. The molecule has 24 heavy (non-hydrogen) atoms. The number of benzene rings is 2. The Morgan fingerprint density at radius 3 is 2.38 bits per heavy atom. The largest absolute Gasteiger partial charge is 0.392 e. The predicted molar refractivity (Wildman–Crippen MR) is 90.8 cm³/mol. The second-order valence-electron chi connectivity index (χ2n) is 5.59. The molecule has 0 fully saturated rings. The fraction of sp³-hybridized carbons (Fsp3) is 0.158. The summed E-state index contributed by atoms with van der Waals surface area (Å²) < 4.78 is 0. The summed E-state index contributed by atoms with van der Waals surface area (Å²) in [6.45, 7) is 0.109. The quantitative estimate of drug-likeness (QED) is 0.856. The van der Waals surface area contributed by atoms with E-state index >= 15 is 0 Å². The van der Waals surface area contributed by atoms with Crippen LogP contribution in [0.15, 0.2) is 66.4 Å². The fourth-order valence-corrected chi connectivity index (χ4v) is 2.75. The normalized spacial score (nSPS) is 14.1. The molecule has 1 heterocycles. The number of aliphatic hydroxyl groups is 1. The van der Waals surface area contributed by atoms with E-state index in [1.54, 1.807) is 18.0 Å². The third kappa shape index (κ3) is 2.94. The van der Waals surface area contributed by atoms with Gasteiger partial charge in [-0.1, -0.05) is 48.5 Å². The van der Waals surface area contributed by atoms with Crippen molar-refractivity contribution in [2.45, 2.75) is 13.2 Å². The van der Waals surface area contributed by atoms with Crippen LogP contribution in [0.5, 0.6) is 0 Å². The lowest BCUT2D eigenvalue weighted by Gasteiger charge is -2.23. The number of rotatable bonds is 5. The van der Waals surface area contributed by atoms with Gasteiger partial charge in [-0.25, -0.2) is 0 Å². The molecular formula is C19H18N2O3. The molecule has 5 nitrogen and oxygen atoms in total. The van der Waals surface area contributed by atoms with Crippen molar-refractivity contribution < 1.29 is 14.7 Å². The minimum Gasteiger partial charge on any atom is -0.392 e. The first-order chi connectivity index (χ1) is 11.6. The number of aliphatic hydroxyl groups excluding tert-OH is 1. The van der Waals surface area contributed by atoms with Crippen LogP contribution in [0.4, 0.5) is 5.69 Å². The number of amides is 2. The van der Waals surface area contributed by atoms with Gasteiger partial charge in [0.2, 0.25) is 0 Å². The van der Waals surface area contributed by atoms with Gasteiger partial charge >= 0.3 is 0 Å². The van der Waals surface area contributed by atoms with E-state index in [2.05, 4.69) is 0 Å². The van der Waals surface area contributed by atoms with Gasteiger partial charge in [0.05, 0.1) is 13.2 Å². The Morgan fingerprint density at radius 1 is 1.00 bits per heavy atom. The summed E-state index contributed by atoms with van der Waals surface area (Å²) in [4.78, 5) is 27.8. The van der Waals surface area contributed by atoms with Crippen molar-refractivity contribution in [2.75, 3.05) is 11.9 Å². The van der Waals surface area contributed by atoms with E-state index in [4.69, 9.17) is 0 Å². The topological polar surface area (TPSA) is 60.9 Å². The lowest BCUT2D eigenvalue weighted by atomic mass is 10.1. The van der Waals surface area contributed by atoms with Crippen LogP contribution in [0.2, 0.25) is 0 Å². The summed E-state index contributed by atoms with van der Waals surface area (Å²) in [6, 6.07) is 16.6. The van der Waals surface area contributed by atoms with Gasteiger partial charge in [0.25, 0.3) is 11.8 Å². The summed E-state index contributed by atoms with van der Waals surface area (Å²) in [6.07, 6.45) is 1.35. The van der Waals surface area contributed by atoms with E-state index in [1.165, 1.54) is 11.0 Å². The van der Waals surface area contributed by atoms with Crippen molar-refractivity contribution in [1.29, 1.82) is 0 Å². The van der Waals surface area contributed by atoms with E-state index in [1.807, 2.05) is 48.5 Å². The van der Waals surface area contributed by atoms with Crippen molar-refractivity contribution >= 4 is 17.5 Å². The molecule has 0 bridgehead atoms. The number of likely N-dealkylation sites (N-methyl/N-ethyl adjacent to an activating group) is 1. The van der Waals surface area contributed by atoms with E-state index < -0.39 is 0 Å². The Balaban J connectivity index is 1.84. The number of carbonyl (C=O) groups excluding carboxylic acids is 2. The molecule has 0 spiro atoms. The van der Waals surface area contributed by atoms with Crippen LogP contribution in [-0.4, -0.2) is 28.9 Å². The molecule has 5 heteroatoms. The zero-order valence-electron chi connectivity index (χ0n) is 13.3. The maximum absolute atomic E-state index is 12.7. The maximum atomic E-state index is 12.7. The highest BCUT2D eigenvalue weighted by atomic mass is 16.3. The molecule has 1 aliphatic rings. The molecule has 1 aliphatic heterocycles. The third-order valence-corrected chi connectivity index (χ3v) is 4.06. The van der Waals surface area contributed by atoms with Gasteiger partial charge in [-0.05, 0) is 11.6 Å². The Hall–Kier alpha value is -2.92. The summed E-state index contributed by atoms with van der Waals surface area (Å²) in [5.74, 6) is -0.661. The van der Waals surface area contributed by atoms with Gasteiger partial charge in [-0.15, -0.1) is 0 Å². The van der Waals surface area contributed by atoms with Crippen molar-refractivity contribution in [2.24, 2.45) is 0 Å². The summed E-state index contributed by atoms with van der Waals surface area (Å²) >= 11 is 0. The lowest BCUT2D eigenvalue weighted by Crippen LogP contribution is -2.33. The number of carbonyl (C=O) groups is 2. The van der Waals surface area contributed by atoms with E-state index in [0.29, 0.717) is 16.9 Å². The van der Waals surface area contributed by atoms with Crippen molar-refractivity contribution in [3.05, 3.63) is 77.5 Å². The third-order valence-electron chi connectivity index (χ3n) is 4.06. The Bertz CT molecular complexity index is 799. The van der Waals surface area contributed by atoms with Gasteiger partial charge in [0, 0.05) is 24.4 Å². The molecule has 3 rings (SSSR count). The molecule has 0 unspecified atom stereocenters. The van der Waals surface area contributed by atoms with Gasteiger partial charge in [0.15, 0.2) is 0 Å². The Morgan fingerprint density at radius 2 is 1.67 bits per heavy atom. The molecule has 122 valence electrons. The highest BCUT2D eigenvalue weighted by Crippen LogP contribution is 2.26. The van der Waals surface area contributed by atoms with Gasteiger partial charge in [-0.3, -0.25) is 14.5 Å². The van der Waals surface area contributed by atoms with Crippen molar-refractivity contribution in [3.63, 3.8) is 0 Å². The number of hydrogen-bond donors (Lipinski definition) is 1. The number of nitrogens with zero attached hydrogens (tertiary/aromatic N) is 2. The molecule has 2 amide bonds. The number of para-hydroxylation sites is 1. The molecule has 0 atom stereocenters. The summed E-state index contributed by atoms with van der Waals surface area (Å²) in [5, 5.41) is 9.47. The Kier molecular flexibility index (Phi) is 4.44. The lowest BCUT2D eigenvalue weighted by molar-refractivity contribution is -0.137. The van der Waals surface area contributed by atoms with Crippen LogP contribution in [-0.2, 0) is 22.7 Å². The van der Waals surface area contributed by atoms with Crippen LogP contribution < -0.4 is 4.90 Å². The summed E-state index contributed by atoms with van der Waals surface area (Å²) in [7, 11) is 1.72. The summed E-state index contributed by atoms with van der Waals surface area (Å²) in [5.41, 5.74) is 2.60. The highest BCUT2D eigenvalue weighted by Gasteiger charge is 2.33.